The van der Waals surface area contributed by atoms with Crippen LogP contribution in [0.1, 0.15) is 54.3 Å². The number of rotatable bonds is 4. The molecule has 2 saturated carbocycles. The topological polar surface area (TPSA) is 75.4 Å². The van der Waals surface area contributed by atoms with E-state index in [0.717, 1.165) is 37.9 Å². The summed E-state index contributed by atoms with van der Waals surface area (Å²) >= 11 is 0. The minimum Gasteiger partial charge on any atom is -0.396 e. The van der Waals surface area contributed by atoms with Crippen molar-refractivity contribution in [3.05, 3.63) is 17.5 Å². The molecule has 2 unspecified atom stereocenters. The number of aliphatic hydroxyl groups is 1. The van der Waals surface area contributed by atoms with Crippen molar-refractivity contribution < 1.29 is 14.4 Å². The van der Waals surface area contributed by atoms with E-state index in [1.165, 1.54) is 0 Å². The van der Waals surface area contributed by atoms with Crippen LogP contribution in [-0.4, -0.2) is 28.8 Å². The van der Waals surface area contributed by atoms with Crippen molar-refractivity contribution in [2.24, 2.45) is 5.92 Å². The highest BCUT2D eigenvalue weighted by molar-refractivity contribution is 5.92. The van der Waals surface area contributed by atoms with Crippen molar-refractivity contribution >= 4 is 5.91 Å². The molecule has 1 heterocycles. The Morgan fingerprint density at radius 3 is 3.00 bits per heavy atom. The molecular weight excluding hydrogens is 232 g/mol. The van der Waals surface area contributed by atoms with Gasteiger partial charge in [0, 0.05) is 30.6 Å². The average Bonchev–Trinajstić information content (AvgIpc) is 2.93. The van der Waals surface area contributed by atoms with Crippen LogP contribution in [0.15, 0.2) is 10.6 Å². The number of nitrogens with one attached hydrogen (secondary N) is 1. The first-order valence-electron chi connectivity index (χ1n) is 6.66. The van der Waals surface area contributed by atoms with Gasteiger partial charge in [-0.3, -0.25) is 4.79 Å². The summed E-state index contributed by atoms with van der Waals surface area (Å²) < 4.78 is 5.17. The molecule has 2 aliphatic rings. The van der Waals surface area contributed by atoms with Crippen LogP contribution in [-0.2, 0) is 0 Å². The monoisotopic (exact) mass is 250 g/mol. The summed E-state index contributed by atoms with van der Waals surface area (Å²) in [7, 11) is 0. The Labute approximate surface area is 106 Å². The fourth-order valence-corrected chi connectivity index (χ4v) is 2.64. The normalized spacial score (nSPS) is 27.4. The average molecular weight is 250 g/mol. The van der Waals surface area contributed by atoms with Gasteiger partial charge in [0.1, 0.15) is 5.76 Å². The van der Waals surface area contributed by atoms with Crippen LogP contribution < -0.4 is 5.32 Å². The molecule has 1 aromatic rings. The third-order valence-corrected chi connectivity index (χ3v) is 3.95. The first-order valence-corrected chi connectivity index (χ1v) is 6.66. The second-order valence-corrected chi connectivity index (χ2v) is 5.34. The predicted octanol–water partition coefficient (Wildman–Crippen LogP) is 1.44. The lowest BCUT2D eigenvalue weighted by Gasteiger charge is -2.17. The van der Waals surface area contributed by atoms with Gasteiger partial charge in [0.15, 0.2) is 5.69 Å². The second-order valence-electron chi connectivity index (χ2n) is 5.34. The van der Waals surface area contributed by atoms with Crippen molar-refractivity contribution in [2.45, 2.75) is 44.1 Å². The van der Waals surface area contributed by atoms with Crippen LogP contribution in [0.2, 0.25) is 0 Å². The highest BCUT2D eigenvalue weighted by atomic mass is 16.5. The Kier molecular flexibility index (Phi) is 3.07. The summed E-state index contributed by atoms with van der Waals surface area (Å²) in [5.74, 6) is 1.29. The first kappa shape index (κ1) is 11.7. The molecule has 1 amide bonds. The van der Waals surface area contributed by atoms with Crippen LogP contribution in [0.4, 0.5) is 0 Å². The number of amides is 1. The van der Waals surface area contributed by atoms with Gasteiger partial charge in [-0.15, -0.1) is 0 Å². The molecule has 5 heteroatoms. The fourth-order valence-electron chi connectivity index (χ4n) is 2.64. The Hall–Kier alpha value is -1.36. The van der Waals surface area contributed by atoms with Gasteiger partial charge < -0.3 is 14.9 Å². The molecule has 2 fully saturated rings. The highest BCUT2D eigenvalue weighted by Gasteiger charge is 2.31. The summed E-state index contributed by atoms with van der Waals surface area (Å²) in [5.41, 5.74) is 0.362. The predicted molar refractivity (Wildman–Crippen MR) is 64.2 cm³/mol. The molecule has 2 atom stereocenters. The summed E-state index contributed by atoms with van der Waals surface area (Å²) in [5, 5.41) is 16.0. The largest absolute Gasteiger partial charge is 0.396 e. The van der Waals surface area contributed by atoms with E-state index in [-0.39, 0.29) is 24.5 Å². The van der Waals surface area contributed by atoms with E-state index in [4.69, 9.17) is 4.52 Å². The zero-order chi connectivity index (χ0) is 12.5. The number of carbonyl (C=O) groups is 1. The van der Waals surface area contributed by atoms with Crippen molar-refractivity contribution in [2.75, 3.05) is 6.61 Å². The third-order valence-electron chi connectivity index (χ3n) is 3.95. The standard InChI is InChI=1S/C13H18N2O3/c16-7-9-2-1-3-10(9)14-13(17)11-6-12(18-15-11)8-4-5-8/h6,8-10,16H,1-5,7H2,(H,14,17). The Balaban J connectivity index is 1.62. The number of aliphatic hydroxyl groups excluding tert-OH is 1. The maximum Gasteiger partial charge on any atom is 0.273 e. The molecule has 98 valence electrons. The molecule has 2 N–H and O–H groups in total. The van der Waals surface area contributed by atoms with Crippen molar-refractivity contribution in [1.82, 2.24) is 10.5 Å². The molecule has 0 saturated heterocycles. The quantitative estimate of drug-likeness (QED) is 0.848. The van der Waals surface area contributed by atoms with Gasteiger partial charge in [0.2, 0.25) is 0 Å². The molecule has 0 aliphatic heterocycles. The van der Waals surface area contributed by atoms with E-state index in [0.29, 0.717) is 11.6 Å². The van der Waals surface area contributed by atoms with Crippen molar-refractivity contribution in [1.29, 1.82) is 0 Å². The Morgan fingerprint density at radius 2 is 2.28 bits per heavy atom. The van der Waals surface area contributed by atoms with Gasteiger partial charge in [-0.25, -0.2) is 0 Å². The molecule has 5 nitrogen and oxygen atoms in total. The van der Waals surface area contributed by atoms with E-state index in [2.05, 4.69) is 10.5 Å². The lowest BCUT2D eigenvalue weighted by Crippen LogP contribution is -2.38. The van der Waals surface area contributed by atoms with Crippen LogP contribution >= 0.6 is 0 Å². The van der Waals surface area contributed by atoms with Crippen LogP contribution in [0.3, 0.4) is 0 Å². The Bertz CT molecular complexity index is 439. The number of hydrogen-bond acceptors (Lipinski definition) is 4. The molecule has 0 bridgehead atoms. The zero-order valence-electron chi connectivity index (χ0n) is 10.3. The molecule has 18 heavy (non-hydrogen) atoms. The molecule has 0 radical (unpaired) electrons. The maximum atomic E-state index is 12.0. The van der Waals surface area contributed by atoms with E-state index in [9.17, 15) is 9.90 Å². The van der Waals surface area contributed by atoms with Crippen LogP contribution in [0.5, 0.6) is 0 Å². The first-order chi connectivity index (χ1) is 8.78. The highest BCUT2D eigenvalue weighted by Crippen LogP contribution is 2.40. The smallest absolute Gasteiger partial charge is 0.273 e. The fraction of sp³-hybridized carbons (Fsp3) is 0.692. The summed E-state index contributed by atoms with van der Waals surface area (Å²) in [6, 6.07) is 1.82. The van der Waals surface area contributed by atoms with E-state index in [1.54, 1.807) is 6.07 Å². The van der Waals surface area contributed by atoms with E-state index in [1.807, 2.05) is 0 Å². The van der Waals surface area contributed by atoms with Gasteiger partial charge in [-0.1, -0.05) is 11.6 Å². The Morgan fingerprint density at radius 1 is 1.44 bits per heavy atom. The van der Waals surface area contributed by atoms with E-state index >= 15 is 0 Å². The van der Waals surface area contributed by atoms with Gasteiger partial charge in [0.25, 0.3) is 5.91 Å². The minimum atomic E-state index is -0.184. The molecule has 1 aromatic heterocycles. The SMILES string of the molecule is O=C(NC1CCCC1CO)c1cc(C2CC2)on1. The van der Waals surface area contributed by atoms with Gasteiger partial charge >= 0.3 is 0 Å². The lowest BCUT2D eigenvalue weighted by atomic mass is 10.1. The number of nitrogens with zero attached hydrogens (tertiary/aromatic N) is 1. The van der Waals surface area contributed by atoms with Gasteiger partial charge in [-0.05, 0) is 25.7 Å². The van der Waals surface area contributed by atoms with Crippen molar-refractivity contribution in [3.8, 4) is 0 Å². The maximum absolute atomic E-state index is 12.0. The molecule has 3 rings (SSSR count). The van der Waals surface area contributed by atoms with Crippen LogP contribution in [0.25, 0.3) is 0 Å². The lowest BCUT2D eigenvalue weighted by molar-refractivity contribution is 0.0907. The number of carbonyl (C=O) groups excluding carboxylic acids is 1. The third kappa shape index (κ3) is 2.27. The molecule has 0 spiro atoms. The summed E-state index contributed by atoms with van der Waals surface area (Å²) in [6.45, 7) is 0.136. The van der Waals surface area contributed by atoms with Gasteiger partial charge in [-0.2, -0.15) is 0 Å². The molecule has 0 aromatic carbocycles. The van der Waals surface area contributed by atoms with Gasteiger partial charge in [0.05, 0.1) is 0 Å². The summed E-state index contributed by atoms with van der Waals surface area (Å²) in [4.78, 5) is 12.0. The zero-order valence-corrected chi connectivity index (χ0v) is 10.3. The number of aromatic nitrogens is 1. The second kappa shape index (κ2) is 4.72. The molecule has 2 aliphatic carbocycles. The van der Waals surface area contributed by atoms with E-state index < -0.39 is 0 Å². The van der Waals surface area contributed by atoms with Crippen LogP contribution in [0, 0.1) is 5.92 Å². The number of hydrogen-bond donors (Lipinski definition) is 2. The molecular formula is C13H18N2O3. The minimum absolute atomic E-state index is 0.0728. The summed E-state index contributed by atoms with van der Waals surface area (Å²) in [6.07, 6.45) is 5.23. The van der Waals surface area contributed by atoms with Crippen molar-refractivity contribution in [3.63, 3.8) is 0 Å².